The van der Waals surface area contributed by atoms with E-state index in [9.17, 15) is 8.78 Å². The molecule has 3 rings (SSSR count). The molecule has 102 valence electrons. The predicted molar refractivity (Wildman–Crippen MR) is 60.2 cm³/mol. The Hall–Kier alpha value is -1.87. The van der Waals surface area contributed by atoms with Gasteiger partial charge in [0.1, 0.15) is 18.5 Å². The van der Waals surface area contributed by atoms with Gasteiger partial charge in [-0.05, 0) is 0 Å². The van der Waals surface area contributed by atoms with E-state index in [0.717, 1.165) is 0 Å². The molecule has 3 heterocycles. The molecule has 0 radical (unpaired) electrons. The Kier molecular flexibility index (Phi) is 2.79. The summed E-state index contributed by atoms with van der Waals surface area (Å²) in [5.74, 6) is -0.0882. The third kappa shape index (κ3) is 1.90. The fourth-order valence-corrected chi connectivity index (χ4v) is 2.15. The van der Waals surface area contributed by atoms with E-state index in [1.165, 1.54) is 10.9 Å². The molecule has 3 N–H and O–H groups in total. The van der Waals surface area contributed by atoms with Crippen molar-refractivity contribution in [2.24, 2.45) is 0 Å². The molecule has 1 unspecified atom stereocenters. The summed E-state index contributed by atoms with van der Waals surface area (Å²) < 4.78 is 33.4. The van der Waals surface area contributed by atoms with Crippen molar-refractivity contribution in [3.8, 4) is 0 Å². The van der Waals surface area contributed by atoms with Crippen molar-refractivity contribution in [3.05, 3.63) is 12.4 Å². The smallest absolute Gasteiger partial charge is 0.312 e. The van der Waals surface area contributed by atoms with Crippen LogP contribution in [0.5, 0.6) is 0 Å². The number of aliphatic hydroxyl groups excluding tert-OH is 1. The summed E-state index contributed by atoms with van der Waals surface area (Å²) in [7, 11) is 0. The normalized spacial score (nSPS) is 27.2. The molecule has 2 aromatic rings. The molecule has 1 aliphatic heterocycles. The second-order valence-electron chi connectivity index (χ2n) is 4.27. The molecular weight excluding hydrogens is 260 g/mol. The van der Waals surface area contributed by atoms with Crippen LogP contribution in [-0.2, 0) is 4.74 Å². The number of hydrogen-bond acceptors (Lipinski definition) is 6. The number of fused-ring (bicyclic) bond motifs is 1. The highest BCUT2D eigenvalue weighted by Crippen LogP contribution is 2.32. The molecule has 2 aromatic heterocycles. The lowest BCUT2D eigenvalue weighted by Gasteiger charge is -2.13. The Balaban J connectivity index is 2.02. The summed E-state index contributed by atoms with van der Waals surface area (Å²) in [6.45, 7) is -0.421. The van der Waals surface area contributed by atoms with Gasteiger partial charge < -0.3 is 15.6 Å². The average Bonchev–Trinajstić information content (AvgIpc) is 2.92. The molecular formula is C10H11F2N5O2. The maximum Gasteiger partial charge on any atom is 0.312 e. The molecule has 1 fully saturated rings. The van der Waals surface area contributed by atoms with Crippen LogP contribution >= 0.6 is 0 Å². The van der Waals surface area contributed by atoms with Crippen molar-refractivity contribution >= 4 is 17.0 Å². The van der Waals surface area contributed by atoms with Crippen LogP contribution in [0.2, 0.25) is 0 Å². The number of nitrogens with two attached hydrogens (primary N) is 1. The van der Waals surface area contributed by atoms with Crippen LogP contribution in [0.3, 0.4) is 0 Å². The lowest BCUT2D eigenvalue weighted by molar-refractivity contribution is -0.0323. The topological polar surface area (TPSA) is 99.1 Å². The Bertz CT molecular complexity index is 619. The lowest BCUT2D eigenvalue weighted by Crippen LogP contribution is -2.21. The molecule has 3 atom stereocenters. The van der Waals surface area contributed by atoms with Crippen molar-refractivity contribution in [2.75, 3.05) is 12.3 Å². The number of hydrogen-bond donors (Lipinski definition) is 2. The van der Waals surface area contributed by atoms with Gasteiger partial charge in [0.25, 0.3) is 0 Å². The van der Waals surface area contributed by atoms with Gasteiger partial charge in [-0.1, -0.05) is 0 Å². The van der Waals surface area contributed by atoms with Crippen LogP contribution in [0.25, 0.3) is 11.2 Å². The van der Waals surface area contributed by atoms with E-state index in [0.29, 0.717) is 0 Å². The fourth-order valence-electron chi connectivity index (χ4n) is 2.15. The van der Waals surface area contributed by atoms with Gasteiger partial charge in [-0.25, -0.2) is 9.37 Å². The van der Waals surface area contributed by atoms with Crippen molar-refractivity contribution < 1.29 is 18.6 Å². The van der Waals surface area contributed by atoms with Crippen LogP contribution in [0.4, 0.5) is 14.6 Å². The first-order valence-electron chi connectivity index (χ1n) is 5.66. The van der Waals surface area contributed by atoms with E-state index in [2.05, 4.69) is 15.0 Å². The minimum Gasteiger partial charge on any atom is -0.394 e. The molecule has 1 aliphatic rings. The molecule has 7 nitrogen and oxygen atoms in total. The molecule has 0 amide bonds. The molecule has 9 heteroatoms. The first kappa shape index (κ1) is 12.2. The maximum atomic E-state index is 13.5. The number of alkyl halides is 1. The number of halogens is 2. The van der Waals surface area contributed by atoms with Crippen LogP contribution in [0.1, 0.15) is 12.6 Å². The largest absolute Gasteiger partial charge is 0.394 e. The molecule has 0 aliphatic carbocycles. The van der Waals surface area contributed by atoms with Crippen molar-refractivity contribution in [1.29, 1.82) is 0 Å². The number of imidazole rings is 1. The molecule has 0 aromatic carbocycles. The van der Waals surface area contributed by atoms with Crippen LogP contribution in [-0.4, -0.2) is 43.5 Å². The third-order valence-corrected chi connectivity index (χ3v) is 3.07. The second kappa shape index (κ2) is 4.35. The van der Waals surface area contributed by atoms with Crippen molar-refractivity contribution in [1.82, 2.24) is 19.5 Å². The number of ether oxygens (including phenoxy) is 1. The minimum atomic E-state index is -1.29. The molecule has 19 heavy (non-hydrogen) atoms. The zero-order chi connectivity index (χ0) is 13.6. The summed E-state index contributed by atoms with van der Waals surface area (Å²) in [5, 5.41) is 8.96. The molecule has 0 saturated carbocycles. The van der Waals surface area contributed by atoms with Crippen molar-refractivity contribution in [3.63, 3.8) is 0 Å². The summed E-state index contributed by atoms with van der Waals surface area (Å²) >= 11 is 0. The fraction of sp³-hybridized carbons (Fsp3) is 0.500. The first-order chi connectivity index (χ1) is 9.10. The van der Waals surface area contributed by atoms with Crippen LogP contribution < -0.4 is 5.73 Å². The van der Waals surface area contributed by atoms with E-state index >= 15 is 0 Å². The van der Waals surface area contributed by atoms with Gasteiger partial charge in [-0.2, -0.15) is 14.4 Å². The maximum absolute atomic E-state index is 13.5. The molecule has 0 spiro atoms. The third-order valence-electron chi connectivity index (χ3n) is 3.07. The van der Waals surface area contributed by atoms with Gasteiger partial charge in [0.2, 0.25) is 0 Å². The Morgan fingerprint density at radius 1 is 1.53 bits per heavy atom. The SMILES string of the molecule is Nc1nc(F)nc2c1ncn2[C@H]1CC(F)[C@@H](CO)O1. The summed E-state index contributed by atoms with van der Waals surface area (Å²) in [6, 6.07) is 0. The van der Waals surface area contributed by atoms with Crippen molar-refractivity contribution in [2.45, 2.75) is 24.9 Å². The van der Waals surface area contributed by atoms with Gasteiger partial charge in [-0.3, -0.25) is 4.57 Å². The number of aliphatic hydroxyl groups is 1. The van der Waals surface area contributed by atoms with Gasteiger partial charge in [-0.15, -0.1) is 0 Å². The first-order valence-corrected chi connectivity index (χ1v) is 5.66. The number of nitrogens with zero attached hydrogens (tertiary/aromatic N) is 4. The standard InChI is InChI=1S/C10H11F2N5O2/c11-4-1-6(19-5(4)2-18)17-3-14-7-8(13)15-10(12)16-9(7)17/h3-6,18H,1-2H2,(H2,13,15,16)/t4?,5-,6-/m1/s1. The van der Waals surface area contributed by atoms with E-state index in [-0.39, 0.29) is 23.4 Å². The highest BCUT2D eigenvalue weighted by molar-refractivity contribution is 5.81. The van der Waals surface area contributed by atoms with Crippen LogP contribution in [0.15, 0.2) is 6.33 Å². The Morgan fingerprint density at radius 2 is 2.32 bits per heavy atom. The molecule has 0 bridgehead atoms. The quantitative estimate of drug-likeness (QED) is 0.755. The number of anilines is 1. The summed E-state index contributed by atoms with van der Waals surface area (Å²) in [5.41, 5.74) is 5.90. The lowest BCUT2D eigenvalue weighted by atomic mass is 10.2. The Labute approximate surface area is 106 Å². The van der Waals surface area contributed by atoms with E-state index < -0.39 is 31.2 Å². The summed E-state index contributed by atoms with van der Waals surface area (Å²) in [6.07, 6.45) is -2.51. The van der Waals surface area contributed by atoms with Crippen LogP contribution in [0, 0.1) is 6.08 Å². The number of nitrogen functional groups attached to an aromatic ring is 1. The highest BCUT2D eigenvalue weighted by Gasteiger charge is 2.36. The van der Waals surface area contributed by atoms with E-state index in [4.69, 9.17) is 15.6 Å². The molecule has 1 saturated heterocycles. The second-order valence-corrected chi connectivity index (χ2v) is 4.27. The Morgan fingerprint density at radius 3 is 3.00 bits per heavy atom. The zero-order valence-corrected chi connectivity index (χ0v) is 9.70. The van der Waals surface area contributed by atoms with Gasteiger partial charge in [0, 0.05) is 6.42 Å². The van der Waals surface area contributed by atoms with E-state index in [1.807, 2.05) is 0 Å². The average molecular weight is 271 g/mol. The van der Waals surface area contributed by atoms with Gasteiger partial charge in [0.15, 0.2) is 17.0 Å². The van der Waals surface area contributed by atoms with Gasteiger partial charge >= 0.3 is 6.08 Å². The number of aromatic nitrogens is 4. The van der Waals surface area contributed by atoms with Gasteiger partial charge in [0.05, 0.1) is 12.9 Å². The highest BCUT2D eigenvalue weighted by atomic mass is 19.1. The summed E-state index contributed by atoms with van der Waals surface area (Å²) in [4.78, 5) is 10.9. The number of rotatable bonds is 2. The minimum absolute atomic E-state index is 0.0300. The zero-order valence-electron chi connectivity index (χ0n) is 9.70. The monoisotopic (exact) mass is 271 g/mol. The predicted octanol–water partition coefficient (Wildman–Crippen LogP) is 0.166. The van der Waals surface area contributed by atoms with E-state index in [1.54, 1.807) is 0 Å².